The summed E-state index contributed by atoms with van der Waals surface area (Å²) in [5.74, 6) is 0.675. The molecule has 0 radical (unpaired) electrons. The van der Waals surface area contributed by atoms with E-state index in [-0.39, 0.29) is 17.1 Å². The summed E-state index contributed by atoms with van der Waals surface area (Å²) < 4.78 is 16.7. The average molecular weight is 477 g/mol. The molecule has 2 aromatic carbocycles. The largest absolute Gasteiger partial charge is 0.495 e. The maximum absolute atomic E-state index is 13.8. The zero-order chi connectivity index (χ0) is 25.3. The van der Waals surface area contributed by atoms with Gasteiger partial charge in [-0.2, -0.15) is 0 Å². The predicted octanol–water partition coefficient (Wildman–Crippen LogP) is 4.96. The zero-order valence-corrected chi connectivity index (χ0v) is 21.1. The summed E-state index contributed by atoms with van der Waals surface area (Å²) in [5, 5.41) is 6.38. The second-order valence-electron chi connectivity index (χ2n) is 9.67. The van der Waals surface area contributed by atoms with Crippen LogP contribution in [0.15, 0.2) is 65.0 Å². The Morgan fingerprint density at radius 1 is 0.971 bits per heavy atom. The van der Waals surface area contributed by atoms with Crippen molar-refractivity contribution in [1.29, 1.82) is 0 Å². The molecule has 7 heteroatoms. The number of ketones is 1. The Hall–Kier alpha value is -3.74. The number of benzene rings is 2. The number of amides is 1. The third kappa shape index (κ3) is 4.50. The van der Waals surface area contributed by atoms with E-state index in [0.29, 0.717) is 58.2 Å². The van der Waals surface area contributed by atoms with Crippen LogP contribution in [0.25, 0.3) is 0 Å². The highest BCUT2D eigenvalue weighted by Crippen LogP contribution is 2.50. The Morgan fingerprint density at radius 2 is 1.66 bits per heavy atom. The first-order valence-electron chi connectivity index (χ1n) is 11.6. The van der Waals surface area contributed by atoms with E-state index in [1.54, 1.807) is 39.5 Å². The fraction of sp³-hybridized carbons (Fsp3) is 0.357. The Morgan fingerprint density at radius 3 is 2.34 bits per heavy atom. The summed E-state index contributed by atoms with van der Waals surface area (Å²) in [7, 11) is 4.69. The highest BCUT2D eigenvalue weighted by molar-refractivity contribution is 6.10. The van der Waals surface area contributed by atoms with Crippen molar-refractivity contribution in [2.75, 3.05) is 26.6 Å². The number of hydrogen-bond donors (Lipinski definition) is 2. The second-order valence-corrected chi connectivity index (χ2v) is 9.67. The number of para-hydroxylation sites is 3. The Balaban J connectivity index is 1.89. The minimum Gasteiger partial charge on any atom is -0.495 e. The van der Waals surface area contributed by atoms with Crippen molar-refractivity contribution in [3.8, 4) is 17.2 Å². The van der Waals surface area contributed by atoms with E-state index in [4.69, 9.17) is 14.2 Å². The van der Waals surface area contributed by atoms with Crippen molar-refractivity contribution in [3.05, 3.63) is 70.6 Å². The van der Waals surface area contributed by atoms with Crippen LogP contribution in [0.5, 0.6) is 17.2 Å². The summed E-state index contributed by atoms with van der Waals surface area (Å²) in [6, 6.07) is 12.8. The monoisotopic (exact) mass is 476 g/mol. The van der Waals surface area contributed by atoms with Crippen molar-refractivity contribution in [3.63, 3.8) is 0 Å². The van der Waals surface area contributed by atoms with Gasteiger partial charge in [-0.15, -0.1) is 0 Å². The van der Waals surface area contributed by atoms with E-state index in [9.17, 15) is 9.59 Å². The number of methoxy groups -OCH3 is 3. The van der Waals surface area contributed by atoms with Gasteiger partial charge in [0.15, 0.2) is 17.3 Å². The molecule has 1 heterocycles. The quantitative estimate of drug-likeness (QED) is 0.613. The molecule has 4 rings (SSSR count). The number of anilines is 1. The molecule has 1 aliphatic heterocycles. The van der Waals surface area contributed by atoms with Crippen LogP contribution in [0.3, 0.4) is 0 Å². The predicted molar refractivity (Wildman–Crippen MR) is 135 cm³/mol. The minimum absolute atomic E-state index is 0.0220. The third-order valence-corrected chi connectivity index (χ3v) is 6.58. The Kier molecular flexibility index (Phi) is 6.61. The maximum atomic E-state index is 13.8. The minimum atomic E-state index is -0.616. The van der Waals surface area contributed by atoms with Crippen LogP contribution in [0.1, 0.15) is 45.1 Å². The molecule has 1 atom stereocenters. The van der Waals surface area contributed by atoms with Crippen molar-refractivity contribution in [2.45, 2.75) is 39.5 Å². The van der Waals surface area contributed by atoms with Gasteiger partial charge in [0.25, 0.3) is 5.91 Å². The van der Waals surface area contributed by atoms with Crippen LogP contribution >= 0.6 is 0 Å². The molecule has 0 bridgehead atoms. The molecule has 2 aromatic rings. The highest BCUT2D eigenvalue weighted by atomic mass is 16.5. The van der Waals surface area contributed by atoms with E-state index in [1.165, 1.54) is 0 Å². The third-order valence-electron chi connectivity index (χ3n) is 6.58. The van der Waals surface area contributed by atoms with Crippen molar-refractivity contribution in [2.24, 2.45) is 5.41 Å². The molecule has 35 heavy (non-hydrogen) atoms. The molecule has 0 aromatic heterocycles. The number of carbonyl (C=O) groups is 2. The number of rotatable bonds is 6. The van der Waals surface area contributed by atoms with Gasteiger partial charge < -0.3 is 24.8 Å². The van der Waals surface area contributed by atoms with Crippen LogP contribution in [0.4, 0.5) is 5.69 Å². The lowest BCUT2D eigenvalue weighted by molar-refractivity contribution is -0.118. The fourth-order valence-corrected chi connectivity index (χ4v) is 5.12. The zero-order valence-electron chi connectivity index (χ0n) is 21.1. The van der Waals surface area contributed by atoms with Crippen molar-refractivity contribution >= 4 is 17.4 Å². The normalized spacial score (nSPS) is 19.0. The van der Waals surface area contributed by atoms with Crippen molar-refractivity contribution < 1.29 is 23.8 Å². The molecule has 0 spiro atoms. The van der Waals surface area contributed by atoms with E-state index >= 15 is 0 Å². The maximum Gasteiger partial charge on any atom is 0.254 e. The van der Waals surface area contributed by atoms with Gasteiger partial charge in [-0.1, -0.05) is 38.1 Å². The van der Waals surface area contributed by atoms with Gasteiger partial charge in [0, 0.05) is 34.5 Å². The van der Waals surface area contributed by atoms with Gasteiger partial charge in [-0.05, 0) is 37.0 Å². The fourth-order valence-electron chi connectivity index (χ4n) is 5.12. The van der Waals surface area contributed by atoms with Gasteiger partial charge >= 0.3 is 0 Å². The number of dihydropyridines is 1. The Bertz CT molecular complexity index is 1240. The highest BCUT2D eigenvalue weighted by Gasteiger charge is 2.44. The SMILES string of the molecule is COc1ccccc1NC(=O)C1=C(C)NC2=C(C(=O)CC(C)(C)C2)[C@H]1c1cccc(OC)c1OC. The molecule has 2 N–H and O–H groups in total. The van der Waals surface area contributed by atoms with E-state index in [2.05, 4.69) is 24.5 Å². The molecular weight excluding hydrogens is 444 g/mol. The van der Waals surface area contributed by atoms with E-state index in [1.807, 2.05) is 31.2 Å². The lowest BCUT2D eigenvalue weighted by Gasteiger charge is -2.40. The summed E-state index contributed by atoms with van der Waals surface area (Å²) in [5.41, 5.74) is 3.68. The number of allylic oxidation sites excluding steroid dienone is 3. The number of nitrogens with one attached hydrogen (secondary N) is 2. The van der Waals surface area contributed by atoms with Gasteiger partial charge in [0.2, 0.25) is 0 Å². The number of Topliss-reactive ketones (excluding diaryl/α,β-unsaturated/α-hetero) is 1. The van der Waals surface area contributed by atoms with Crippen LogP contribution in [-0.2, 0) is 9.59 Å². The van der Waals surface area contributed by atoms with E-state index in [0.717, 1.165) is 5.70 Å². The summed E-state index contributed by atoms with van der Waals surface area (Å²) in [4.78, 5) is 27.4. The summed E-state index contributed by atoms with van der Waals surface area (Å²) in [6.45, 7) is 6.04. The van der Waals surface area contributed by atoms with Crippen LogP contribution < -0.4 is 24.8 Å². The van der Waals surface area contributed by atoms with Crippen LogP contribution in [-0.4, -0.2) is 33.0 Å². The molecule has 0 saturated carbocycles. The summed E-state index contributed by atoms with van der Waals surface area (Å²) in [6.07, 6.45) is 1.10. The topological polar surface area (TPSA) is 85.9 Å². The number of ether oxygens (including phenoxy) is 3. The molecule has 2 aliphatic rings. The summed E-state index contributed by atoms with van der Waals surface area (Å²) >= 11 is 0. The number of carbonyl (C=O) groups excluding carboxylic acids is 2. The number of hydrogen-bond acceptors (Lipinski definition) is 6. The molecule has 0 unspecified atom stereocenters. The van der Waals surface area contributed by atoms with Crippen LogP contribution in [0, 0.1) is 5.41 Å². The molecule has 0 fully saturated rings. The second kappa shape index (κ2) is 9.49. The lowest BCUT2D eigenvalue weighted by Crippen LogP contribution is -2.39. The first kappa shape index (κ1) is 24.4. The Labute approximate surface area is 206 Å². The molecular formula is C28H32N2O5. The first-order chi connectivity index (χ1) is 16.7. The standard InChI is InChI=1S/C28H32N2O5/c1-16-23(27(32)30-18-11-7-8-12-21(18)33-4)24(17-10-9-13-22(34-5)26(17)35-6)25-19(29-16)14-28(2,3)15-20(25)31/h7-13,24,29H,14-15H2,1-6H3,(H,30,32)/t24-/m0/s1. The molecule has 7 nitrogen and oxygen atoms in total. The van der Waals surface area contributed by atoms with Crippen LogP contribution in [0.2, 0.25) is 0 Å². The van der Waals surface area contributed by atoms with Gasteiger partial charge in [-0.3, -0.25) is 9.59 Å². The lowest BCUT2D eigenvalue weighted by atomic mass is 9.68. The molecule has 1 amide bonds. The average Bonchev–Trinajstić information content (AvgIpc) is 2.81. The van der Waals surface area contributed by atoms with E-state index < -0.39 is 5.92 Å². The molecule has 0 saturated heterocycles. The van der Waals surface area contributed by atoms with Gasteiger partial charge in [0.05, 0.1) is 32.9 Å². The first-order valence-corrected chi connectivity index (χ1v) is 11.6. The van der Waals surface area contributed by atoms with Crippen molar-refractivity contribution in [1.82, 2.24) is 5.32 Å². The smallest absolute Gasteiger partial charge is 0.254 e. The van der Waals surface area contributed by atoms with Gasteiger partial charge in [-0.25, -0.2) is 0 Å². The van der Waals surface area contributed by atoms with Gasteiger partial charge in [0.1, 0.15) is 5.75 Å². The molecule has 184 valence electrons. The molecule has 1 aliphatic carbocycles.